The molecular weight excluding hydrogens is 188 g/mol. The van der Waals surface area contributed by atoms with Gasteiger partial charge in [0.25, 0.3) is 11.6 Å². The molecule has 0 aliphatic heterocycles. The number of nitrogens with zero attached hydrogens (tertiary/aromatic N) is 4. The molecule has 0 saturated carbocycles. The second-order valence-corrected chi connectivity index (χ2v) is 2.30. The Hall–Kier alpha value is -2.38. The van der Waals surface area contributed by atoms with Crippen LogP contribution in [0.2, 0.25) is 0 Å². The van der Waals surface area contributed by atoms with Crippen LogP contribution in [-0.4, -0.2) is 41.9 Å². The van der Waals surface area contributed by atoms with Crippen LogP contribution in [0.1, 0.15) is 21.2 Å². The maximum absolute atomic E-state index is 11.3. The van der Waals surface area contributed by atoms with Crippen molar-refractivity contribution in [3.8, 4) is 0 Å². The van der Waals surface area contributed by atoms with Crippen molar-refractivity contribution in [2.75, 3.05) is 0 Å². The molecule has 0 radical (unpaired) electrons. The average molecular weight is 192 g/mol. The van der Waals surface area contributed by atoms with Crippen LogP contribution < -0.4 is 0 Å². The van der Waals surface area contributed by atoms with E-state index in [4.69, 9.17) is 0 Å². The maximum Gasteiger partial charge on any atom is 0.275 e. The summed E-state index contributed by atoms with van der Waals surface area (Å²) < 4.78 is 0. The lowest BCUT2D eigenvalue weighted by Crippen LogP contribution is -2.17. The van der Waals surface area contributed by atoms with Crippen LogP contribution in [0.25, 0.3) is 0 Å². The predicted octanol–water partition coefficient (Wildman–Crippen LogP) is -1.01. The molecule has 2 N–H and O–H groups in total. The summed E-state index contributed by atoms with van der Waals surface area (Å²) in [4.78, 5) is 29.7. The van der Waals surface area contributed by atoms with Gasteiger partial charge in [-0.15, -0.1) is 10.2 Å². The van der Waals surface area contributed by atoms with Crippen LogP contribution in [0.4, 0.5) is 0 Å². The van der Waals surface area contributed by atoms with E-state index in [9.17, 15) is 9.59 Å². The van der Waals surface area contributed by atoms with Crippen molar-refractivity contribution in [2.45, 2.75) is 0 Å². The van der Waals surface area contributed by atoms with Gasteiger partial charge in [0.05, 0.1) is 0 Å². The van der Waals surface area contributed by atoms with Crippen molar-refractivity contribution in [1.82, 2.24) is 30.4 Å². The Morgan fingerprint density at radius 3 is 1.64 bits per heavy atom. The maximum atomic E-state index is 11.3. The number of hydrogen-bond acceptors (Lipinski definition) is 6. The molecule has 0 unspecified atom stereocenters. The molecule has 0 amide bonds. The quantitative estimate of drug-likeness (QED) is 0.475. The molecule has 0 aliphatic rings. The lowest BCUT2D eigenvalue weighted by molar-refractivity contribution is 0.0805. The van der Waals surface area contributed by atoms with Crippen LogP contribution >= 0.6 is 0 Å². The lowest BCUT2D eigenvalue weighted by atomic mass is 10.2. The summed E-state index contributed by atoms with van der Waals surface area (Å²) in [6.45, 7) is 0. The Labute approximate surface area is 76.8 Å². The Bertz CT molecular complexity index is 400. The molecule has 2 rings (SSSR count). The SMILES string of the molecule is O=C(C(=O)c1nc[nH]n1)c1nc[nH]n1. The zero-order valence-electron chi connectivity index (χ0n) is 6.76. The number of carbonyl (C=O) groups excluding carboxylic acids is 2. The summed E-state index contributed by atoms with van der Waals surface area (Å²) in [6, 6.07) is 0. The first-order chi connectivity index (χ1) is 6.79. The van der Waals surface area contributed by atoms with Gasteiger partial charge in [-0.05, 0) is 0 Å². The molecule has 2 heterocycles. The highest BCUT2D eigenvalue weighted by molar-refractivity contribution is 6.47. The summed E-state index contributed by atoms with van der Waals surface area (Å²) >= 11 is 0. The monoisotopic (exact) mass is 192 g/mol. The third-order valence-corrected chi connectivity index (χ3v) is 1.44. The van der Waals surface area contributed by atoms with Crippen LogP contribution in [0.3, 0.4) is 0 Å². The van der Waals surface area contributed by atoms with E-state index in [0.29, 0.717) is 0 Å². The van der Waals surface area contributed by atoms with E-state index in [1.807, 2.05) is 0 Å². The highest BCUT2D eigenvalue weighted by Crippen LogP contribution is 1.96. The molecular formula is C6H4N6O2. The van der Waals surface area contributed by atoms with Crippen molar-refractivity contribution < 1.29 is 9.59 Å². The van der Waals surface area contributed by atoms with Crippen LogP contribution in [-0.2, 0) is 0 Å². The van der Waals surface area contributed by atoms with Crippen molar-refractivity contribution in [2.24, 2.45) is 0 Å². The number of Topliss-reactive ketones (excluding diaryl/α,β-unsaturated/α-hetero) is 2. The fourth-order valence-corrected chi connectivity index (χ4v) is 0.840. The molecule has 0 fully saturated rings. The third kappa shape index (κ3) is 1.28. The minimum atomic E-state index is -0.842. The van der Waals surface area contributed by atoms with E-state index in [1.165, 1.54) is 12.7 Å². The highest BCUT2D eigenvalue weighted by Gasteiger charge is 2.24. The standard InChI is InChI=1S/C6H4N6O2/c13-3(5-7-1-9-11-5)4(14)6-8-2-10-12-6/h1-2H,(H,7,9,11)(H,8,10,12). The van der Waals surface area contributed by atoms with Gasteiger partial charge in [-0.3, -0.25) is 19.8 Å². The van der Waals surface area contributed by atoms with Gasteiger partial charge in [0.15, 0.2) is 0 Å². The first-order valence-corrected chi connectivity index (χ1v) is 3.59. The molecule has 0 spiro atoms. The molecule has 8 nitrogen and oxygen atoms in total. The van der Waals surface area contributed by atoms with E-state index in [2.05, 4.69) is 30.4 Å². The highest BCUT2D eigenvalue weighted by atomic mass is 16.2. The summed E-state index contributed by atoms with van der Waals surface area (Å²) in [5.41, 5.74) is 0. The molecule has 0 aliphatic carbocycles. The van der Waals surface area contributed by atoms with Crippen LogP contribution in [0, 0.1) is 0 Å². The number of carbonyl (C=O) groups is 2. The molecule has 0 atom stereocenters. The predicted molar refractivity (Wildman–Crippen MR) is 41.4 cm³/mol. The van der Waals surface area contributed by atoms with Crippen LogP contribution in [0.15, 0.2) is 12.7 Å². The number of hydrogen-bond donors (Lipinski definition) is 2. The van der Waals surface area contributed by atoms with Gasteiger partial charge in [0.2, 0.25) is 11.6 Å². The Morgan fingerprint density at radius 1 is 0.929 bits per heavy atom. The fourth-order valence-electron chi connectivity index (χ4n) is 0.840. The van der Waals surface area contributed by atoms with Crippen molar-refractivity contribution in [3.63, 3.8) is 0 Å². The minimum Gasteiger partial charge on any atom is -0.281 e. The number of rotatable bonds is 3. The second kappa shape index (κ2) is 3.17. The molecule has 8 heteroatoms. The van der Waals surface area contributed by atoms with Gasteiger partial charge in [-0.25, -0.2) is 9.97 Å². The third-order valence-electron chi connectivity index (χ3n) is 1.44. The molecule has 14 heavy (non-hydrogen) atoms. The summed E-state index contributed by atoms with van der Waals surface area (Å²) in [5, 5.41) is 11.6. The topological polar surface area (TPSA) is 117 Å². The zero-order chi connectivity index (χ0) is 9.97. The molecule has 2 aromatic rings. The molecule has 70 valence electrons. The van der Waals surface area contributed by atoms with E-state index < -0.39 is 11.6 Å². The lowest BCUT2D eigenvalue weighted by Gasteiger charge is -1.88. The fraction of sp³-hybridized carbons (Fsp3) is 0. The van der Waals surface area contributed by atoms with Gasteiger partial charge < -0.3 is 0 Å². The molecule has 0 bridgehead atoms. The van der Waals surface area contributed by atoms with E-state index >= 15 is 0 Å². The normalized spacial score (nSPS) is 10.0. The number of nitrogens with one attached hydrogen (secondary N) is 2. The summed E-state index contributed by atoms with van der Waals surface area (Å²) in [5.74, 6) is -2.07. The van der Waals surface area contributed by atoms with Gasteiger partial charge in [0.1, 0.15) is 12.7 Å². The number of H-pyrrole nitrogens is 2. The van der Waals surface area contributed by atoms with Crippen molar-refractivity contribution in [3.05, 3.63) is 24.3 Å². The van der Waals surface area contributed by atoms with E-state index in [-0.39, 0.29) is 11.6 Å². The largest absolute Gasteiger partial charge is 0.281 e. The van der Waals surface area contributed by atoms with Gasteiger partial charge in [0, 0.05) is 0 Å². The van der Waals surface area contributed by atoms with E-state index in [1.54, 1.807) is 0 Å². The smallest absolute Gasteiger partial charge is 0.275 e. The number of aromatic amines is 2. The minimum absolute atomic E-state index is 0.195. The van der Waals surface area contributed by atoms with Gasteiger partial charge in [-0.2, -0.15) is 0 Å². The summed E-state index contributed by atoms with van der Waals surface area (Å²) in [7, 11) is 0. The second-order valence-electron chi connectivity index (χ2n) is 2.30. The Balaban J connectivity index is 2.26. The number of aromatic nitrogens is 6. The van der Waals surface area contributed by atoms with Crippen LogP contribution in [0.5, 0.6) is 0 Å². The summed E-state index contributed by atoms with van der Waals surface area (Å²) in [6.07, 6.45) is 2.41. The molecule has 2 aromatic heterocycles. The number of ketones is 2. The zero-order valence-corrected chi connectivity index (χ0v) is 6.76. The van der Waals surface area contributed by atoms with Gasteiger partial charge >= 0.3 is 0 Å². The Morgan fingerprint density at radius 2 is 1.36 bits per heavy atom. The first kappa shape index (κ1) is 8.23. The average Bonchev–Trinajstić information content (AvgIpc) is 2.87. The molecule has 0 aromatic carbocycles. The molecule has 0 saturated heterocycles. The van der Waals surface area contributed by atoms with E-state index in [0.717, 1.165) is 0 Å². The van der Waals surface area contributed by atoms with Crippen molar-refractivity contribution >= 4 is 11.6 Å². The first-order valence-electron chi connectivity index (χ1n) is 3.59. The van der Waals surface area contributed by atoms with Crippen molar-refractivity contribution in [1.29, 1.82) is 0 Å². The van der Waals surface area contributed by atoms with Gasteiger partial charge in [-0.1, -0.05) is 0 Å². The Kier molecular flexibility index (Phi) is 1.86.